The second-order valence-electron chi connectivity index (χ2n) is 5.34. The molecule has 5 heteroatoms. The largest absolute Gasteiger partial charge is 0.493 e. The summed E-state index contributed by atoms with van der Waals surface area (Å²) in [6, 6.07) is 12.4. The SMILES string of the molecule is COc1cc(CNC(=O)c2ccc(Cl)cc2)ccc1OC(C)C. The quantitative estimate of drug-likeness (QED) is 0.867. The van der Waals surface area contributed by atoms with Gasteiger partial charge in [-0.1, -0.05) is 17.7 Å². The minimum absolute atomic E-state index is 0.0688. The number of nitrogens with one attached hydrogen (secondary N) is 1. The first kappa shape index (κ1) is 17.2. The average molecular weight is 334 g/mol. The Morgan fingerprint density at radius 1 is 1.13 bits per heavy atom. The maximum Gasteiger partial charge on any atom is 0.251 e. The topological polar surface area (TPSA) is 47.6 Å². The highest BCUT2D eigenvalue weighted by molar-refractivity contribution is 6.30. The van der Waals surface area contributed by atoms with E-state index in [1.807, 2.05) is 32.0 Å². The van der Waals surface area contributed by atoms with Gasteiger partial charge in [0.15, 0.2) is 11.5 Å². The molecule has 0 bridgehead atoms. The van der Waals surface area contributed by atoms with Crippen molar-refractivity contribution in [2.24, 2.45) is 0 Å². The van der Waals surface area contributed by atoms with Gasteiger partial charge in [0, 0.05) is 17.1 Å². The molecule has 0 aliphatic carbocycles. The van der Waals surface area contributed by atoms with Crippen LogP contribution in [0.1, 0.15) is 29.8 Å². The minimum Gasteiger partial charge on any atom is -0.493 e. The van der Waals surface area contributed by atoms with Crippen molar-refractivity contribution in [3.63, 3.8) is 0 Å². The molecule has 2 aromatic carbocycles. The minimum atomic E-state index is -0.150. The zero-order chi connectivity index (χ0) is 16.8. The average Bonchev–Trinajstić information content (AvgIpc) is 2.53. The van der Waals surface area contributed by atoms with Crippen molar-refractivity contribution in [3.05, 3.63) is 58.6 Å². The maximum atomic E-state index is 12.1. The van der Waals surface area contributed by atoms with Crippen LogP contribution < -0.4 is 14.8 Å². The van der Waals surface area contributed by atoms with E-state index < -0.39 is 0 Å². The molecular weight excluding hydrogens is 314 g/mol. The summed E-state index contributed by atoms with van der Waals surface area (Å²) >= 11 is 5.82. The van der Waals surface area contributed by atoms with Crippen LogP contribution in [-0.4, -0.2) is 19.1 Å². The number of benzene rings is 2. The third-order valence-corrected chi connectivity index (χ3v) is 3.40. The molecule has 0 aromatic heterocycles. The van der Waals surface area contributed by atoms with E-state index in [9.17, 15) is 4.79 Å². The summed E-state index contributed by atoms with van der Waals surface area (Å²) in [7, 11) is 1.60. The van der Waals surface area contributed by atoms with Crippen molar-refractivity contribution >= 4 is 17.5 Å². The van der Waals surface area contributed by atoms with Crippen molar-refractivity contribution in [3.8, 4) is 11.5 Å². The van der Waals surface area contributed by atoms with Crippen LogP contribution in [0.5, 0.6) is 11.5 Å². The van der Waals surface area contributed by atoms with Crippen LogP contribution in [0.3, 0.4) is 0 Å². The summed E-state index contributed by atoms with van der Waals surface area (Å²) in [6.45, 7) is 4.32. The van der Waals surface area contributed by atoms with Gasteiger partial charge in [0.2, 0.25) is 0 Å². The third-order valence-electron chi connectivity index (χ3n) is 3.15. The fourth-order valence-corrected chi connectivity index (χ4v) is 2.18. The lowest BCUT2D eigenvalue weighted by atomic mass is 10.1. The molecular formula is C18H20ClNO3. The summed E-state index contributed by atoms with van der Waals surface area (Å²) in [6.07, 6.45) is 0.0688. The lowest BCUT2D eigenvalue weighted by Crippen LogP contribution is -2.22. The second kappa shape index (κ2) is 7.88. The van der Waals surface area contributed by atoms with Gasteiger partial charge in [-0.15, -0.1) is 0 Å². The number of rotatable bonds is 6. The van der Waals surface area contributed by atoms with E-state index in [0.717, 1.165) is 5.56 Å². The monoisotopic (exact) mass is 333 g/mol. The third kappa shape index (κ3) is 4.89. The Labute approximate surface area is 141 Å². The first-order chi connectivity index (χ1) is 11.0. The number of carbonyl (C=O) groups excluding carboxylic acids is 1. The van der Waals surface area contributed by atoms with Gasteiger partial charge < -0.3 is 14.8 Å². The summed E-state index contributed by atoms with van der Waals surface area (Å²) < 4.78 is 11.0. The fraction of sp³-hybridized carbons (Fsp3) is 0.278. The Morgan fingerprint density at radius 3 is 2.43 bits per heavy atom. The van der Waals surface area contributed by atoms with Gasteiger partial charge in [0.05, 0.1) is 13.2 Å². The van der Waals surface area contributed by atoms with Gasteiger partial charge in [-0.25, -0.2) is 0 Å². The smallest absolute Gasteiger partial charge is 0.251 e. The first-order valence-corrected chi connectivity index (χ1v) is 7.74. The number of methoxy groups -OCH3 is 1. The summed E-state index contributed by atoms with van der Waals surface area (Å²) in [5.74, 6) is 1.19. The van der Waals surface area contributed by atoms with Crippen LogP contribution in [0.2, 0.25) is 5.02 Å². The molecule has 0 aliphatic heterocycles. The van der Waals surface area contributed by atoms with Crippen LogP contribution in [0.15, 0.2) is 42.5 Å². The van der Waals surface area contributed by atoms with Gasteiger partial charge in [-0.3, -0.25) is 4.79 Å². The zero-order valence-corrected chi connectivity index (χ0v) is 14.2. The van der Waals surface area contributed by atoms with Crippen LogP contribution in [0.25, 0.3) is 0 Å². The molecule has 0 heterocycles. The lowest BCUT2D eigenvalue weighted by molar-refractivity contribution is 0.0951. The number of ether oxygens (including phenoxy) is 2. The van der Waals surface area contributed by atoms with E-state index in [0.29, 0.717) is 28.6 Å². The van der Waals surface area contributed by atoms with Crippen LogP contribution in [0, 0.1) is 0 Å². The molecule has 1 amide bonds. The van der Waals surface area contributed by atoms with E-state index in [1.54, 1.807) is 31.4 Å². The summed E-state index contributed by atoms with van der Waals surface area (Å²) in [5, 5.41) is 3.47. The fourth-order valence-electron chi connectivity index (χ4n) is 2.06. The van der Waals surface area contributed by atoms with Crippen molar-refractivity contribution in [2.75, 3.05) is 7.11 Å². The highest BCUT2D eigenvalue weighted by atomic mass is 35.5. The zero-order valence-electron chi connectivity index (χ0n) is 13.4. The van der Waals surface area contributed by atoms with Gasteiger partial charge in [-0.2, -0.15) is 0 Å². The molecule has 4 nitrogen and oxygen atoms in total. The van der Waals surface area contributed by atoms with Gasteiger partial charge >= 0.3 is 0 Å². The molecule has 0 fully saturated rings. The predicted octanol–water partition coefficient (Wildman–Crippen LogP) is 4.07. The number of hydrogen-bond donors (Lipinski definition) is 1. The van der Waals surface area contributed by atoms with Gasteiger partial charge in [0.25, 0.3) is 5.91 Å². The van der Waals surface area contributed by atoms with Gasteiger partial charge in [0.1, 0.15) is 0 Å². The molecule has 0 unspecified atom stereocenters. The Kier molecular flexibility index (Phi) is 5.88. The molecule has 122 valence electrons. The van der Waals surface area contributed by atoms with E-state index in [2.05, 4.69) is 5.32 Å². The Hall–Kier alpha value is -2.20. The van der Waals surface area contributed by atoms with E-state index in [1.165, 1.54) is 0 Å². The summed E-state index contributed by atoms with van der Waals surface area (Å²) in [4.78, 5) is 12.1. The van der Waals surface area contributed by atoms with E-state index >= 15 is 0 Å². The highest BCUT2D eigenvalue weighted by Crippen LogP contribution is 2.28. The second-order valence-corrected chi connectivity index (χ2v) is 5.78. The molecule has 0 atom stereocenters. The molecule has 0 radical (unpaired) electrons. The number of hydrogen-bond acceptors (Lipinski definition) is 3. The first-order valence-electron chi connectivity index (χ1n) is 7.37. The molecule has 2 aromatic rings. The van der Waals surface area contributed by atoms with E-state index in [4.69, 9.17) is 21.1 Å². The molecule has 23 heavy (non-hydrogen) atoms. The maximum absolute atomic E-state index is 12.1. The van der Waals surface area contributed by atoms with E-state index in [-0.39, 0.29) is 12.0 Å². The standard InChI is InChI=1S/C18H20ClNO3/c1-12(2)23-16-9-4-13(10-17(16)22-3)11-20-18(21)14-5-7-15(19)8-6-14/h4-10,12H,11H2,1-3H3,(H,20,21). The number of carbonyl (C=O) groups is 1. The Balaban J connectivity index is 2.02. The Morgan fingerprint density at radius 2 is 1.83 bits per heavy atom. The van der Waals surface area contributed by atoms with Crippen molar-refractivity contribution in [1.29, 1.82) is 0 Å². The van der Waals surface area contributed by atoms with Crippen LogP contribution >= 0.6 is 11.6 Å². The summed E-state index contributed by atoms with van der Waals surface area (Å²) in [5.41, 5.74) is 1.50. The highest BCUT2D eigenvalue weighted by Gasteiger charge is 2.09. The lowest BCUT2D eigenvalue weighted by Gasteiger charge is -2.14. The predicted molar refractivity (Wildman–Crippen MR) is 91.4 cm³/mol. The molecule has 0 saturated heterocycles. The van der Waals surface area contributed by atoms with Crippen molar-refractivity contribution < 1.29 is 14.3 Å². The molecule has 1 N–H and O–H groups in total. The van der Waals surface area contributed by atoms with Crippen molar-refractivity contribution in [1.82, 2.24) is 5.32 Å². The molecule has 0 saturated carbocycles. The van der Waals surface area contributed by atoms with Gasteiger partial charge in [-0.05, 0) is 55.8 Å². The molecule has 2 rings (SSSR count). The normalized spacial score (nSPS) is 10.5. The molecule has 0 spiro atoms. The Bertz CT molecular complexity index is 668. The van der Waals surface area contributed by atoms with Crippen LogP contribution in [0.4, 0.5) is 0 Å². The van der Waals surface area contributed by atoms with Crippen molar-refractivity contribution in [2.45, 2.75) is 26.5 Å². The van der Waals surface area contributed by atoms with Crippen LogP contribution in [-0.2, 0) is 6.54 Å². The number of amides is 1. The number of halogens is 1. The molecule has 0 aliphatic rings.